The van der Waals surface area contributed by atoms with Gasteiger partial charge in [-0.15, -0.1) is 0 Å². The van der Waals surface area contributed by atoms with Gasteiger partial charge in [-0.05, 0) is 46.2 Å². The quantitative estimate of drug-likeness (QED) is 0.498. The van der Waals surface area contributed by atoms with Gasteiger partial charge in [0.15, 0.2) is 0 Å². The van der Waals surface area contributed by atoms with E-state index >= 15 is 0 Å². The van der Waals surface area contributed by atoms with Crippen LogP contribution in [0.25, 0.3) is 0 Å². The van der Waals surface area contributed by atoms with E-state index < -0.39 is 0 Å². The molecule has 0 aromatic rings. The lowest BCUT2D eigenvalue weighted by atomic mass is 10.1. The molecule has 13 heavy (non-hydrogen) atoms. The van der Waals surface area contributed by atoms with Crippen molar-refractivity contribution in [2.75, 3.05) is 6.54 Å². The fourth-order valence-electron chi connectivity index (χ4n) is 0.883. The number of hydrogen-bond acceptors (Lipinski definition) is 2. The Balaban J connectivity index is 3.32. The van der Waals surface area contributed by atoms with Gasteiger partial charge in [0.05, 0.1) is 0 Å². The molecule has 0 aliphatic rings. The lowest BCUT2D eigenvalue weighted by Gasteiger charge is -2.19. The predicted octanol–water partition coefficient (Wildman–Crippen LogP) is 1.20. The lowest BCUT2D eigenvalue weighted by Crippen LogP contribution is -2.36. The minimum Gasteiger partial charge on any atom is -0.366 e. The van der Waals surface area contributed by atoms with Crippen LogP contribution in [0.4, 0.5) is 0 Å². The molecule has 0 bridgehead atoms. The van der Waals surface area contributed by atoms with Crippen molar-refractivity contribution in [3.63, 3.8) is 0 Å². The molecule has 0 fully saturated rings. The van der Waals surface area contributed by atoms with Gasteiger partial charge in [0.2, 0.25) is 5.91 Å². The topological polar surface area (TPSA) is 55.1 Å². The summed E-state index contributed by atoms with van der Waals surface area (Å²) in [4.78, 5) is 10.3. The van der Waals surface area contributed by atoms with Crippen LogP contribution < -0.4 is 11.1 Å². The van der Waals surface area contributed by atoms with Crippen LogP contribution in [0.3, 0.4) is 0 Å². The van der Waals surface area contributed by atoms with E-state index in [2.05, 4.69) is 26.1 Å². The number of nitrogens with two attached hydrogens (primary N) is 1. The first kappa shape index (κ1) is 12.2. The fraction of sp³-hybridized carbons (Fsp3) is 0.700. The zero-order valence-electron chi connectivity index (χ0n) is 8.76. The van der Waals surface area contributed by atoms with E-state index in [9.17, 15) is 4.79 Å². The summed E-state index contributed by atoms with van der Waals surface area (Å²) in [5.41, 5.74) is 5.11. The molecule has 0 aromatic heterocycles. The van der Waals surface area contributed by atoms with Crippen molar-refractivity contribution in [3.05, 3.63) is 12.2 Å². The average Bonchev–Trinajstić information content (AvgIpc) is 1.93. The highest BCUT2D eigenvalue weighted by Crippen LogP contribution is 1.99. The van der Waals surface area contributed by atoms with Gasteiger partial charge in [-0.2, -0.15) is 0 Å². The Labute approximate surface area is 80.4 Å². The number of carbonyl (C=O) groups excluding carboxylic acids is 1. The zero-order valence-corrected chi connectivity index (χ0v) is 8.76. The van der Waals surface area contributed by atoms with Crippen molar-refractivity contribution in [3.8, 4) is 0 Å². The number of primary amides is 1. The van der Waals surface area contributed by atoms with Gasteiger partial charge in [-0.25, -0.2) is 0 Å². The second kappa shape index (κ2) is 5.75. The Morgan fingerprint density at radius 1 is 1.46 bits per heavy atom. The monoisotopic (exact) mass is 184 g/mol. The summed E-state index contributed by atoms with van der Waals surface area (Å²) in [5.74, 6) is -0.371. The van der Waals surface area contributed by atoms with E-state index in [4.69, 9.17) is 5.73 Å². The summed E-state index contributed by atoms with van der Waals surface area (Å²) in [6, 6.07) is 0. The van der Waals surface area contributed by atoms with Crippen LogP contribution in [0.1, 0.15) is 33.6 Å². The summed E-state index contributed by atoms with van der Waals surface area (Å²) in [5, 5.41) is 3.36. The number of hydrogen-bond donors (Lipinski definition) is 2. The molecular formula is C10H20N2O. The van der Waals surface area contributed by atoms with Crippen molar-refractivity contribution in [1.29, 1.82) is 0 Å². The van der Waals surface area contributed by atoms with E-state index in [0.717, 1.165) is 19.4 Å². The van der Waals surface area contributed by atoms with Crippen LogP contribution in [0.15, 0.2) is 12.2 Å². The Morgan fingerprint density at radius 2 is 2.08 bits per heavy atom. The van der Waals surface area contributed by atoms with E-state index in [1.54, 1.807) is 0 Å². The summed E-state index contributed by atoms with van der Waals surface area (Å²) >= 11 is 0. The molecule has 1 amide bonds. The first-order chi connectivity index (χ1) is 5.92. The molecule has 0 aromatic carbocycles. The molecule has 76 valence electrons. The summed E-state index contributed by atoms with van der Waals surface area (Å²) < 4.78 is 0. The maximum Gasteiger partial charge on any atom is 0.241 e. The molecule has 0 aliphatic heterocycles. The zero-order chi connectivity index (χ0) is 10.3. The molecule has 3 N–H and O–H groups in total. The van der Waals surface area contributed by atoms with Crippen molar-refractivity contribution in [2.24, 2.45) is 5.73 Å². The Morgan fingerprint density at radius 3 is 2.54 bits per heavy atom. The minimum absolute atomic E-state index is 0.174. The molecule has 0 atom stereocenters. The molecule has 0 saturated heterocycles. The lowest BCUT2D eigenvalue weighted by molar-refractivity contribution is -0.113. The molecule has 3 nitrogen and oxygen atoms in total. The van der Waals surface area contributed by atoms with Crippen molar-refractivity contribution in [1.82, 2.24) is 5.32 Å². The van der Waals surface area contributed by atoms with E-state index in [-0.39, 0.29) is 11.4 Å². The van der Waals surface area contributed by atoms with E-state index in [1.165, 1.54) is 6.08 Å². The van der Waals surface area contributed by atoms with Crippen LogP contribution in [0.5, 0.6) is 0 Å². The Kier molecular flexibility index (Phi) is 5.39. The second-order valence-electron chi connectivity index (χ2n) is 4.12. The fourth-order valence-corrected chi connectivity index (χ4v) is 0.883. The molecule has 0 aliphatic carbocycles. The number of unbranched alkanes of at least 4 members (excludes halogenated alkanes) is 1. The number of carbonyl (C=O) groups is 1. The molecule has 0 unspecified atom stereocenters. The summed E-state index contributed by atoms with van der Waals surface area (Å²) in [6.07, 6.45) is 5.15. The smallest absolute Gasteiger partial charge is 0.241 e. The number of allylic oxidation sites excluding steroid dienone is 1. The minimum atomic E-state index is -0.371. The van der Waals surface area contributed by atoms with Crippen molar-refractivity contribution in [2.45, 2.75) is 39.2 Å². The first-order valence-electron chi connectivity index (χ1n) is 4.63. The van der Waals surface area contributed by atoms with Gasteiger partial charge in [-0.3, -0.25) is 4.79 Å². The second-order valence-corrected chi connectivity index (χ2v) is 4.12. The van der Waals surface area contributed by atoms with Gasteiger partial charge >= 0.3 is 0 Å². The molecule has 0 heterocycles. The normalized spacial score (nSPS) is 12.2. The number of nitrogens with one attached hydrogen (secondary N) is 1. The molecule has 0 spiro atoms. The first-order valence-corrected chi connectivity index (χ1v) is 4.63. The highest BCUT2D eigenvalue weighted by Gasteiger charge is 2.06. The van der Waals surface area contributed by atoms with Crippen LogP contribution in [0.2, 0.25) is 0 Å². The van der Waals surface area contributed by atoms with E-state index in [0.29, 0.717) is 0 Å². The van der Waals surface area contributed by atoms with Crippen LogP contribution in [-0.4, -0.2) is 18.0 Å². The molecule has 0 saturated carbocycles. The third kappa shape index (κ3) is 11.2. The van der Waals surface area contributed by atoms with Crippen LogP contribution in [0, 0.1) is 0 Å². The highest BCUT2D eigenvalue weighted by molar-refractivity contribution is 5.85. The molecular weight excluding hydrogens is 164 g/mol. The summed E-state index contributed by atoms with van der Waals surface area (Å²) in [6.45, 7) is 7.36. The van der Waals surface area contributed by atoms with Gasteiger partial charge < -0.3 is 11.1 Å². The molecule has 0 rings (SSSR count). The van der Waals surface area contributed by atoms with Crippen LogP contribution >= 0.6 is 0 Å². The molecule has 3 heteroatoms. The highest BCUT2D eigenvalue weighted by atomic mass is 16.1. The third-order valence-electron chi connectivity index (χ3n) is 1.49. The SMILES string of the molecule is CC(C)(C)NCCCC=CC(N)=O. The van der Waals surface area contributed by atoms with Crippen molar-refractivity contribution >= 4 is 5.91 Å². The standard InChI is InChI=1S/C10H20N2O/c1-10(2,3)12-8-6-4-5-7-9(11)13/h5,7,12H,4,6,8H2,1-3H3,(H2,11,13). The van der Waals surface area contributed by atoms with Crippen LogP contribution in [-0.2, 0) is 4.79 Å². The maximum absolute atomic E-state index is 10.3. The predicted molar refractivity (Wildman–Crippen MR) is 55.3 cm³/mol. The third-order valence-corrected chi connectivity index (χ3v) is 1.49. The Hall–Kier alpha value is -0.830. The Bertz CT molecular complexity index is 180. The van der Waals surface area contributed by atoms with Gasteiger partial charge in [-0.1, -0.05) is 6.08 Å². The average molecular weight is 184 g/mol. The van der Waals surface area contributed by atoms with Gasteiger partial charge in [0.1, 0.15) is 0 Å². The molecule has 0 radical (unpaired) electrons. The van der Waals surface area contributed by atoms with Gasteiger partial charge in [0.25, 0.3) is 0 Å². The maximum atomic E-state index is 10.3. The largest absolute Gasteiger partial charge is 0.366 e. The summed E-state index contributed by atoms with van der Waals surface area (Å²) in [7, 11) is 0. The van der Waals surface area contributed by atoms with E-state index in [1.807, 2.05) is 6.08 Å². The van der Waals surface area contributed by atoms with Gasteiger partial charge in [0, 0.05) is 5.54 Å². The number of rotatable bonds is 5. The van der Waals surface area contributed by atoms with Crippen molar-refractivity contribution < 1.29 is 4.79 Å². The number of amides is 1.